The summed E-state index contributed by atoms with van der Waals surface area (Å²) >= 11 is 0. The van der Waals surface area contributed by atoms with E-state index in [0.717, 1.165) is 22.6 Å². The largest absolute Gasteiger partial charge is 0.497 e. The van der Waals surface area contributed by atoms with E-state index in [0.29, 0.717) is 5.56 Å². The first-order chi connectivity index (χ1) is 12.2. The molecule has 126 valence electrons. The first-order valence-corrected chi connectivity index (χ1v) is 8.24. The van der Waals surface area contributed by atoms with E-state index < -0.39 is 6.04 Å². The molecule has 0 heterocycles. The molecule has 1 atom stereocenters. The second-order valence-corrected chi connectivity index (χ2v) is 5.95. The molecule has 0 spiro atoms. The van der Waals surface area contributed by atoms with Crippen LogP contribution in [0.15, 0.2) is 78.9 Å². The van der Waals surface area contributed by atoms with Crippen molar-refractivity contribution >= 4 is 11.5 Å². The number of carbonyl (C=O) groups excluding carboxylic acids is 1. The van der Waals surface area contributed by atoms with E-state index in [2.05, 4.69) is 5.32 Å². The molecule has 1 unspecified atom stereocenters. The zero-order valence-corrected chi connectivity index (χ0v) is 14.4. The molecule has 0 aliphatic rings. The maximum atomic E-state index is 13.1. The van der Waals surface area contributed by atoms with E-state index in [1.165, 1.54) is 0 Å². The Kier molecular flexibility index (Phi) is 5.14. The van der Waals surface area contributed by atoms with Gasteiger partial charge in [-0.25, -0.2) is 0 Å². The van der Waals surface area contributed by atoms with Crippen molar-refractivity contribution in [2.24, 2.45) is 0 Å². The first kappa shape index (κ1) is 16.8. The molecule has 0 aliphatic carbocycles. The van der Waals surface area contributed by atoms with Crippen LogP contribution < -0.4 is 10.1 Å². The van der Waals surface area contributed by atoms with Crippen LogP contribution in [-0.2, 0) is 0 Å². The average Bonchev–Trinajstić information content (AvgIpc) is 2.67. The number of rotatable bonds is 6. The van der Waals surface area contributed by atoms with E-state index >= 15 is 0 Å². The van der Waals surface area contributed by atoms with Gasteiger partial charge in [0, 0.05) is 11.3 Å². The number of aryl methyl sites for hydroxylation is 1. The Morgan fingerprint density at radius 1 is 0.920 bits per heavy atom. The smallest absolute Gasteiger partial charge is 0.189 e. The van der Waals surface area contributed by atoms with E-state index in [1.807, 2.05) is 85.8 Å². The highest BCUT2D eigenvalue weighted by molar-refractivity contribution is 6.02. The Morgan fingerprint density at radius 3 is 2.28 bits per heavy atom. The summed E-state index contributed by atoms with van der Waals surface area (Å²) in [4.78, 5) is 13.1. The molecule has 0 amide bonds. The standard InChI is InChI=1S/C22H21NO2/c1-16-7-6-10-18(15-16)21(22(24)17-8-4-3-5-9-17)23-19-11-13-20(25-2)14-12-19/h3-15,21,23H,1-2H3. The molecule has 3 heteroatoms. The molecule has 3 nitrogen and oxygen atoms in total. The second-order valence-electron chi connectivity index (χ2n) is 5.95. The molecule has 3 aromatic rings. The summed E-state index contributed by atoms with van der Waals surface area (Å²) in [7, 11) is 1.64. The zero-order chi connectivity index (χ0) is 17.6. The van der Waals surface area contributed by atoms with Gasteiger partial charge in [-0.2, -0.15) is 0 Å². The number of benzene rings is 3. The van der Waals surface area contributed by atoms with E-state index in [1.54, 1.807) is 7.11 Å². The SMILES string of the molecule is COc1ccc(NC(C(=O)c2ccccc2)c2cccc(C)c2)cc1. The van der Waals surface area contributed by atoms with Crippen LogP contribution in [0.4, 0.5) is 5.69 Å². The third-order valence-corrected chi connectivity index (χ3v) is 4.10. The van der Waals surface area contributed by atoms with Gasteiger partial charge in [0.15, 0.2) is 5.78 Å². The maximum Gasteiger partial charge on any atom is 0.189 e. The molecular weight excluding hydrogens is 310 g/mol. The summed E-state index contributed by atoms with van der Waals surface area (Å²) in [5.41, 5.74) is 3.64. The molecule has 0 radical (unpaired) electrons. The molecule has 1 N–H and O–H groups in total. The van der Waals surface area contributed by atoms with Crippen LogP contribution in [0.2, 0.25) is 0 Å². The Labute approximate surface area is 148 Å². The van der Waals surface area contributed by atoms with Crippen molar-refractivity contribution in [3.8, 4) is 5.75 Å². The highest BCUT2D eigenvalue weighted by Gasteiger charge is 2.22. The van der Waals surface area contributed by atoms with Gasteiger partial charge in [-0.15, -0.1) is 0 Å². The van der Waals surface area contributed by atoms with Gasteiger partial charge in [-0.05, 0) is 36.8 Å². The quantitative estimate of drug-likeness (QED) is 0.643. The van der Waals surface area contributed by atoms with Gasteiger partial charge in [0.1, 0.15) is 11.8 Å². The topological polar surface area (TPSA) is 38.3 Å². The fraction of sp³-hybridized carbons (Fsp3) is 0.136. The second kappa shape index (κ2) is 7.67. The molecule has 0 aromatic heterocycles. The molecule has 0 aliphatic heterocycles. The number of methoxy groups -OCH3 is 1. The van der Waals surface area contributed by atoms with Crippen LogP contribution in [-0.4, -0.2) is 12.9 Å². The van der Waals surface area contributed by atoms with E-state index in [4.69, 9.17) is 4.74 Å². The normalized spacial score (nSPS) is 11.6. The van der Waals surface area contributed by atoms with Gasteiger partial charge < -0.3 is 10.1 Å². The third-order valence-electron chi connectivity index (χ3n) is 4.10. The minimum atomic E-state index is -0.448. The van der Waals surface area contributed by atoms with E-state index in [9.17, 15) is 4.79 Å². The van der Waals surface area contributed by atoms with Crippen LogP contribution in [0, 0.1) is 6.92 Å². The van der Waals surface area contributed by atoms with Crippen molar-refractivity contribution in [2.75, 3.05) is 12.4 Å². The predicted molar refractivity (Wildman–Crippen MR) is 101 cm³/mol. The lowest BCUT2D eigenvalue weighted by Crippen LogP contribution is -2.21. The fourth-order valence-electron chi connectivity index (χ4n) is 2.77. The van der Waals surface area contributed by atoms with Gasteiger partial charge in [0.05, 0.1) is 7.11 Å². The predicted octanol–water partition coefficient (Wildman–Crippen LogP) is 5.04. The number of anilines is 1. The molecule has 3 rings (SSSR count). The van der Waals surface area contributed by atoms with Crippen molar-refractivity contribution in [3.63, 3.8) is 0 Å². The minimum Gasteiger partial charge on any atom is -0.497 e. The van der Waals surface area contributed by atoms with Crippen LogP contribution >= 0.6 is 0 Å². The molecule has 25 heavy (non-hydrogen) atoms. The summed E-state index contributed by atoms with van der Waals surface area (Å²) in [5.74, 6) is 0.828. The molecule has 0 saturated heterocycles. The lowest BCUT2D eigenvalue weighted by atomic mass is 9.96. The van der Waals surface area contributed by atoms with Gasteiger partial charge in [-0.1, -0.05) is 60.2 Å². The molecular formula is C22H21NO2. The molecule has 0 bridgehead atoms. The van der Waals surface area contributed by atoms with Crippen LogP contribution in [0.1, 0.15) is 27.5 Å². The summed E-state index contributed by atoms with van der Waals surface area (Å²) in [6, 6.07) is 24.5. The van der Waals surface area contributed by atoms with Crippen LogP contribution in [0.25, 0.3) is 0 Å². The van der Waals surface area contributed by atoms with Gasteiger partial charge in [0.2, 0.25) is 0 Å². The van der Waals surface area contributed by atoms with Crippen molar-refractivity contribution in [1.82, 2.24) is 0 Å². The highest BCUT2D eigenvalue weighted by Crippen LogP contribution is 2.25. The average molecular weight is 331 g/mol. The fourth-order valence-corrected chi connectivity index (χ4v) is 2.77. The Balaban J connectivity index is 1.95. The monoisotopic (exact) mass is 331 g/mol. The molecule has 0 fully saturated rings. The summed E-state index contributed by atoms with van der Waals surface area (Å²) in [5, 5.41) is 3.37. The van der Waals surface area contributed by atoms with Crippen LogP contribution in [0.5, 0.6) is 5.75 Å². The molecule has 3 aromatic carbocycles. The number of ketones is 1. The van der Waals surface area contributed by atoms with Crippen molar-refractivity contribution < 1.29 is 9.53 Å². The summed E-state index contributed by atoms with van der Waals surface area (Å²) in [6.45, 7) is 2.03. The minimum absolute atomic E-state index is 0.0435. The number of nitrogens with one attached hydrogen (secondary N) is 1. The van der Waals surface area contributed by atoms with Gasteiger partial charge >= 0.3 is 0 Å². The van der Waals surface area contributed by atoms with Crippen molar-refractivity contribution in [2.45, 2.75) is 13.0 Å². The van der Waals surface area contributed by atoms with Crippen molar-refractivity contribution in [3.05, 3.63) is 95.6 Å². The number of ether oxygens (including phenoxy) is 1. The Bertz CT molecular complexity index is 841. The first-order valence-electron chi connectivity index (χ1n) is 8.24. The number of Topliss-reactive ketones (excluding diaryl/α,β-unsaturated/α-hetero) is 1. The highest BCUT2D eigenvalue weighted by atomic mass is 16.5. The number of hydrogen-bond acceptors (Lipinski definition) is 3. The third kappa shape index (κ3) is 4.07. The zero-order valence-electron chi connectivity index (χ0n) is 14.4. The lowest BCUT2D eigenvalue weighted by molar-refractivity contribution is 0.0969. The van der Waals surface area contributed by atoms with Gasteiger partial charge in [-0.3, -0.25) is 4.79 Å². The molecule has 0 saturated carbocycles. The number of carbonyl (C=O) groups is 1. The lowest BCUT2D eigenvalue weighted by Gasteiger charge is -2.20. The van der Waals surface area contributed by atoms with Gasteiger partial charge in [0.25, 0.3) is 0 Å². The summed E-state index contributed by atoms with van der Waals surface area (Å²) < 4.78 is 5.20. The Morgan fingerprint density at radius 2 is 1.64 bits per heavy atom. The van der Waals surface area contributed by atoms with Crippen molar-refractivity contribution in [1.29, 1.82) is 0 Å². The maximum absolute atomic E-state index is 13.1. The number of hydrogen-bond donors (Lipinski definition) is 1. The van der Waals surface area contributed by atoms with E-state index in [-0.39, 0.29) is 5.78 Å². The Hall–Kier alpha value is -3.07. The summed E-state index contributed by atoms with van der Waals surface area (Å²) in [6.07, 6.45) is 0. The van der Waals surface area contributed by atoms with Crippen LogP contribution in [0.3, 0.4) is 0 Å².